The van der Waals surface area contributed by atoms with E-state index in [0.29, 0.717) is 22.7 Å². The van der Waals surface area contributed by atoms with Gasteiger partial charge in [0.2, 0.25) is 0 Å². The van der Waals surface area contributed by atoms with Crippen LogP contribution in [0.4, 0.5) is 5.69 Å². The zero-order valence-corrected chi connectivity index (χ0v) is 10.1. The smallest absolute Gasteiger partial charge is 0.259 e. The fraction of sp³-hybridized carbons (Fsp3) is 0.154. The van der Waals surface area contributed by atoms with E-state index in [4.69, 9.17) is 13.9 Å². The molecule has 1 aromatic heterocycles. The molecule has 0 saturated heterocycles. The van der Waals surface area contributed by atoms with E-state index in [1.165, 1.54) is 19.6 Å². The second kappa shape index (κ2) is 5.27. The van der Waals surface area contributed by atoms with Gasteiger partial charge in [0.15, 0.2) is 0 Å². The lowest BCUT2D eigenvalue weighted by Gasteiger charge is -2.10. The van der Waals surface area contributed by atoms with Gasteiger partial charge < -0.3 is 19.2 Å². The molecule has 5 heteroatoms. The third-order valence-corrected chi connectivity index (χ3v) is 2.44. The largest absolute Gasteiger partial charge is 0.497 e. The van der Waals surface area contributed by atoms with Gasteiger partial charge in [-0.15, -0.1) is 0 Å². The van der Waals surface area contributed by atoms with Crippen LogP contribution < -0.4 is 14.8 Å². The van der Waals surface area contributed by atoms with Crippen molar-refractivity contribution in [1.82, 2.24) is 0 Å². The van der Waals surface area contributed by atoms with Crippen molar-refractivity contribution in [2.45, 2.75) is 0 Å². The molecule has 94 valence electrons. The summed E-state index contributed by atoms with van der Waals surface area (Å²) < 4.78 is 15.1. The topological polar surface area (TPSA) is 60.7 Å². The molecule has 1 amide bonds. The number of hydrogen-bond acceptors (Lipinski definition) is 4. The summed E-state index contributed by atoms with van der Waals surface area (Å²) in [6.45, 7) is 0. The number of ether oxygens (including phenoxy) is 2. The fourth-order valence-corrected chi connectivity index (χ4v) is 1.49. The maximum Gasteiger partial charge on any atom is 0.259 e. The normalized spacial score (nSPS) is 9.89. The first-order chi connectivity index (χ1) is 8.74. The summed E-state index contributed by atoms with van der Waals surface area (Å²) in [5.74, 6) is 0.937. The minimum atomic E-state index is -0.257. The van der Waals surface area contributed by atoms with E-state index in [1.807, 2.05) is 0 Å². The highest BCUT2D eigenvalue weighted by atomic mass is 16.5. The molecule has 5 nitrogen and oxygen atoms in total. The van der Waals surface area contributed by atoms with E-state index in [0.717, 1.165) is 0 Å². The Labute approximate surface area is 104 Å². The van der Waals surface area contributed by atoms with Gasteiger partial charge in [-0.2, -0.15) is 0 Å². The number of carbonyl (C=O) groups excluding carboxylic acids is 1. The van der Waals surface area contributed by atoms with Crippen molar-refractivity contribution in [2.75, 3.05) is 19.5 Å². The molecule has 0 atom stereocenters. The van der Waals surface area contributed by atoms with Gasteiger partial charge in [0.25, 0.3) is 5.91 Å². The predicted molar refractivity (Wildman–Crippen MR) is 66.2 cm³/mol. The standard InChI is InChI=1S/C13H13NO4/c1-16-10-3-4-11(12(7-10)17-2)14-13(15)9-5-6-18-8-9/h3-8H,1-2H3,(H,14,15). The number of nitrogens with one attached hydrogen (secondary N) is 1. The highest BCUT2D eigenvalue weighted by molar-refractivity contribution is 6.04. The van der Waals surface area contributed by atoms with Crippen LogP contribution >= 0.6 is 0 Å². The molecule has 2 rings (SSSR count). The predicted octanol–water partition coefficient (Wildman–Crippen LogP) is 2.55. The van der Waals surface area contributed by atoms with E-state index in [-0.39, 0.29) is 5.91 Å². The van der Waals surface area contributed by atoms with Crippen LogP contribution in [0, 0.1) is 0 Å². The summed E-state index contributed by atoms with van der Waals surface area (Å²) in [4.78, 5) is 11.8. The highest BCUT2D eigenvalue weighted by Gasteiger charge is 2.11. The summed E-state index contributed by atoms with van der Waals surface area (Å²) in [6.07, 6.45) is 2.82. The van der Waals surface area contributed by atoms with Gasteiger partial charge in [-0.25, -0.2) is 0 Å². The minimum absolute atomic E-state index is 0.257. The van der Waals surface area contributed by atoms with Gasteiger partial charge in [0.1, 0.15) is 17.8 Å². The lowest BCUT2D eigenvalue weighted by molar-refractivity contribution is 0.102. The van der Waals surface area contributed by atoms with E-state index in [2.05, 4.69) is 5.32 Å². The van der Waals surface area contributed by atoms with Crippen LogP contribution in [0.15, 0.2) is 41.2 Å². The van der Waals surface area contributed by atoms with E-state index < -0.39 is 0 Å². The summed E-state index contributed by atoms with van der Waals surface area (Å²) >= 11 is 0. The lowest BCUT2D eigenvalue weighted by Crippen LogP contribution is -2.11. The molecule has 18 heavy (non-hydrogen) atoms. The zero-order chi connectivity index (χ0) is 13.0. The summed E-state index contributed by atoms with van der Waals surface area (Å²) in [6, 6.07) is 6.75. The van der Waals surface area contributed by atoms with E-state index in [9.17, 15) is 4.79 Å². The molecule has 0 fully saturated rings. The Morgan fingerprint density at radius 3 is 2.67 bits per heavy atom. The summed E-state index contributed by atoms with van der Waals surface area (Å²) in [5, 5.41) is 2.74. The Kier molecular flexibility index (Phi) is 3.52. The molecule has 0 aliphatic rings. The molecular formula is C13H13NO4. The fourth-order valence-electron chi connectivity index (χ4n) is 1.49. The highest BCUT2D eigenvalue weighted by Crippen LogP contribution is 2.29. The Bertz CT molecular complexity index is 534. The molecule has 0 unspecified atom stereocenters. The lowest BCUT2D eigenvalue weighted by atomic mass is 10.2. The van der Waals surface area contributed by atoms with Gasteiger partial charge in [0, 0.05) is 6.07 Å². The van der Waals surface area contributed by atoms with Crippen LogP contribution in [-0.2, 0) is 0 Å². The maximum atomic E-state index is 11.8. The van der Waals surface area contributed by atoms with Gasteiger partial charge >= 0.3 is 0 Å². The first-order valence-electron chi connectivity index (χ1n) is 5.30. The van der Waals surface area contributed by atoms with Gasteiger partial charge in [-0.1, -0.05) is 0 Å². The molecule has 2 aromatic rings. The SMILES string of the molecule is COc1ccc(NC(=O)c2ccoc2)c(OC)c1. The van der Waals surface area contributed by atoms with Crippen molar-refractivity contribution in [2.24, 2.45) is 0 Å². The van der Waals surface area contributed by atoms with Crippen LogP contribution in [-0.4, -0.2) is 20.1 Å². The van der Waals surface area contributed by atoms with Crippen LogP contribution in [0.3, 0.4) is 0 Å². The van der Waals surface area contributed by atoms with Gasteiger partial charge in [-0.3, -0.25) is 4.79 Å². The monoisotopic (exact) mass is 247 g/mol. The Morgan fingerprint density at radius 2 is 2.06 bits per heavy atom. The third kappa shape index (κ3) is 2.45. The molecule has 0 saturated carbocycles. The Balaban J connectivity index is 2.21. The molecule has 1 heterocycles. The Hall–Kier alpha value is -2.43. The van der Waals surface area contributed by atoms with Crippen LogP contribution in [0.25, 0.3) is 0 Å². The van der Waals surface area contributed by atoms with Crippen LogP contribution in [0.1, 0.15) is 10.4 Å². The number of methoxy groups -OCH3 is 2. The number of amides is 1. The number of anilines is 1. The van der Waals surface area contributed by atoms with Crippen molar-refractivity contribution in [3.05, 3.63) is 42.4 Å². The molecule has 0 aliphatic heterocycles. The van der Waals surface area contributed by atoms with Crippen molar-refractivity contribution >= 4 is 11.6 Å². The molecular weight excluding hydrogens is 234 g/mol. The van der Waals surface area contributed by atoms with Crippen molar-refractivity contribution in [3.63, 3.8) is 0 Å². The minimum Gasteiger partial charge on any atom is -0.497 e. The number of carbonyl (C=O) groups is 1. The summed E-state index contributed by atoms with van der Waals surface area (Å²) in [5.41, 5.74) is 1.03. The van der Waals surface area contributed by atoms with Gasteiger partial charge in [-0.05, 0) is 18.2 Å². The molecule has 0 radical (unpaired) electrons. The van der Waals surface area contributed by atoms with Crippen molar-refractivity contribution in [3.8, 4) is 11.5 Å². The van der Waals surface area contributed by atoms with Gasteiger partial charge in [0.05, 0.1) is 31.7 Å². The number of rotatable bonds is 4. The first-order valence-corrected chi connectivity index (χ1v) is 5.30. The molecule has 0 spiro atoms. The van der Waals surface area contributed by atoms with E-state index >= 15 is 0 Å². The average Bonchev–Trinajstić information content (AvgIpc) is 2.93. The van der Waals surface area contributed by atoms with Crippen LogP contribution in [0.5, 0.6) is 11.5 Å². The Morgan fingerprint density at radius 1 is 1.22 bits per heavy atom. The van der Waals surface area contributed by atoms with E-state index in [1.54, 1.807) is 31.4 Å². The number of hydrogen-bond donors (Lipinski definition) is 1. The molecule has 0 bridgehead atoms. The summed E-state index contributed by atoms with van der Waals surface area (Å²) in [7, 11) is 3.10. The second-order valence-corrected chi connectivity index (χ2v) is 3.53. The molecule has 1 N–H and O–H groups in total. The van der Waals surface area contributed by atoms with Crippen molar-refractivity contribution in [1.29, 1.82) is 0 Å². The maximum absolute atomic E-state index is 11.8. The first kappa shape index (κ1) is 12.0. The second-order valence-electron chi connectivity index (χ2n) is 3.53. The van der Waals surface area contributed by atoms with Crippen molar-refractivity contribution < 1.29 is 18.7 Å². The molecule has 1 aromatic carbocycles. The number of furan rings is 1. The average molecular weight is 247 g/mol. The quantitative estimate of drug-likeness (QED) is 0.901. The number of benzene rings is 1. The third-order valence-electron chi connectivity index (χ3n) is 2.44. The molecule has 0 aliphatic carbocycles. The zero-order valence-electron chi connectivity index (χ0n) is 10.1. The van der Waals surface area contributed by atoms with Crippen LogP contribution in [0.2, 0.25) is 0 Å².